The minimum absolute atomic E-state index is 0. The van der Waals surface area contributed by atoms with Gasteiger partial charge in [0.25, 0.3) is 0 Å². The molecule has 1 unspecified atom stereocenters. The van der Waals surface area contributed by atoms with Gasteiger partial charge < -0.3 is 0 Å². The van der Waals surface area contributed by atoms with Gasteiger partial charge in [-0.05, 0) is 0 Å². The van der Waals surface area contributed by atoms with Crippen LogP contribution in [0.15, 0.2) is 13.2 Å². The molecule has 0 saturated heterocycles. The van der Waals surface area contributed by atoms with Gasteiger partial charge in [0.1, 0.15) is 0 Å². The van der Waals surface area contributed by atoms with Gasteiger partial charge in [0.2, 0.25) is 0 Å². The van der Waals surface area contributed by atoms with Gasteiger partial charge in [0.05, 0.1) is 0 Å². The maximum absolute atomic E-state index is 3.00. The van der Waals surface area contributed by atoms with Gasteiger partial charge in [-0.25, -0.2) is 0 Å². The first-order valence-electron chi connectivity index (χ1n) is 0.500. The van der Waals surface area contributed by atoms with E-state index in [-0.39, 0.29) is 26.9 Å². The van der Waals surface area contributed by atoms with E-state index < -0.39 is 0 Å². The Morgan fingerprint density at radius 3 is 1.00 bits per heavy atom. The Hall–Kier alpha value is 0.650. The van der Waals surface area contributed by atoms with E-state index in [9.17, 15) is 0 Å². The van der Waals surface area contributed by atoms with Crippen LogP contribution < -0.4 is 0 Å². The highest BCUT2D eigenvalue weighted by Gasteiger charge is 0.601. The zero-order valence-electron chi connectivity index (χ0n) is 2.53. The van der Waals surface area contributed by atoms with Crippen LogP contribution in [0.2, 0.25) is 0 Å². The molecule has 0 aromatic carbocycles. The number of hydrogen-bond donors (Lipinski definition) is 0. The summed E-state index contributed by atoms with van der Waals surface area (Å²) < 4.78 is 0. The summed E-state index contributed by atoms with van der Waals surface area (Å²) in [6.07, 6.45) is 0. The number of rotatable bonds is 0. The first kappa shape index (κ1) is 22.8. The van der Waals surface area contributed by atoms with Crippen LogP contribution in [0.25, 0.3) is 0 Å². The van der Waals surface area contributed by atoms with Gasteiger partial charge in [0.15, 0.2) is 0 Å². The molecule has 1 atom stereocenters. The molecule has 0 N–H and O–H groups in total. The Balaban J connectivity index is -0.00000000500. The Morgan fingerprint density at radius 2 is 1.00 bits per heavy atom. The lowest BCUT2D eigenvalue weighted by atomic mass is 11.3. The summed E-state index contributed by atoms with van der Waals surface area (Å²) in [6.45, 7) is 6.00. The summed E-state index contributed by atoms with van der Waals surface area (Å²) in [5.41, 5.74) is 0. The second kappa shape index (κ2) is 60.7. The van der Waals surface area contributed by atoms with Crippen molar-refractivity contribution in [2.24, 2.45) is 0 Å². The normalized spacial score (nSPS) is 1.00. The topological polar surface area (TPSA) is 0 Å². The van der Waals surface area contributed by atoms with Gasteiger partial charge in [-0.2, -0.15) is 9.90 Å². The molecule has 0 aromatic rings. The average Bonchev–Trinajstić information content (AvgIpc) is 1.00. The molecule has 0 bridgehead atoms. The second-order valence-corrected chi connectivity index (χ2v) is 0. The number of halogens is 1. The van der Waals surface area contributed by atoms with Crippen molar-refractivity contribution < 1.29 is 0 Å². The Labute approximate surface area is 40.7 Å². The highest BCUT2D eigenvalue weighted by atomic mass is 79.9. The van der Waals surface area contributed by atoms with Crippen molar-refractivity contribution in [3.63, 3.8) is 0 Å². The molecule has 0 radical (unpaired) electrons. The largest absolute Gasteiger partial charge is 0.153 e. The Morgan fingerprint density at radius 1 is 1.00 bits per heavy atom. The molecule has 0 saturated carbocycles. The molecule has 0 aliphatic carbocycles. The van der Waals surface area contributed by atoms with E-state index in [2.05, 4.69) is 13.2 Å². The van der Waals surface area contributed by atoms with E-state index >= 15 is 0 Å². The molecule has 0 aliphatic rings. The fourth-order valence-corrected chi connectivity index (χ4v) is 0. The van der Waals surface area contributed by atoms with E-state index in [0.29, 0.717) is 0 Å². The molecule has 0 fully saturated rings. The summed E-state index contributed by atoms with van der Waals surface area (Å²) in [4.78, 5) is 0. The average molecular weight is 143 g/mol. The highest BCUT2D eigenvalue weighted by molar-refractivity contribution is 8.93. The molecule has 0 aromatic heterocycles. The lowest BCUT2D eigenvalue weighted by Crippen LogP contribution is -0.552. The van der Waals surface area contributed by atoms with Gasteiger partial charge >= 0.3 is 0 Å². The maximum Gasteiger partial charge on any atom is -0.106 e. The molecule has 0 rings (SSSR count). The molecule has 2 heteroatoms. The third-order valence-electron chi connectivity index (χ3n) is 0. The quantitative estimate of drug-likeness (QED) is 0.355. The minimum Gasteiger partial charge on any atom is -0.153 e. The molecule has 0 heterocycles. The van der Waals surface area contributed by atoms with Crippen molar-refractivity contribution in [3.8, 4) is 0 Å². The zero-order valence-corrected chi connectivity index (χ0v) is 5.66. The van der Waals surface area contributed by atoms with Crippen LogP contribution in [0.1, 0.15) is 0 Å². The second-order valence-electron chi connectivity index (χ2n) is 0. The summed E-state index contributed by atoms with van der Waals surface area (Å²) in [5.74, 6) is 0. The van der Waals surface area contributed by atoms with Crippen molar-refractivity contribution in [2.45, 2.75) is 0 Å². The predicted octanol–water partition coefficient (Wildman–Crippen LogP) is 1.44. The number of hydrogen-bond acceptors (Lipinski definition) is 0. The van der Waals surface area contributed by atoms with Gasteiger partial charge in [0, 0.05) is 0 Å². The van der Waals surface area contributed by atoms with Crippen LogP contribution in [0, 0.1) is 0 Å². The molecular weight excluding hydrogens is 135 g/mol. The third-order valence-corrected chi connectivity index (χ3v) is 0. The lowest BCUT2D eigenvalue weighted by Gasteiger charge is -0.813. The zero-order chi connectivity index (χ0) is 2.00. The van der Waals surface area contributed by atoms with Crippen LogP contribution >= 0.6 is 26.9 Å². The van der Waals surface area contributed by atoms with E-state index in [1.807, 2.05) is 0 Å². The smallest absolute Gasteiger partial charge is 0.106 e. The summed E-state index contributed by atoms with van der Waals surface area (Å²) in [7, 11) is 0. The molecule has 4 heavy (non-hydrogen) atoms. The standard InChI is InChI=1S/C2H4.BrH.H3P/c1-2;;/h1-2H2;1H;1H3. The molecule has 28 valence electrons. The van der Waals surface area contributed by atoms with Crippen molar-refractivity contribution in [2.75, 3.05) is 0 Å². The molecular formula is C2H8BrP. The van der Waals surface area contributed by atoms with E-state index in [4.69, 9.17) is 0 Å². The first-order chi connectivity index (χ1) is 1.00. The van der Waals surface area contributed by atoms with Crippen LogP contribution in [0.3, 0.4) is 0 Å². The van der Waals surface area contributed by atoms with Gasteiger partial charge in [-0.15, -0.1) is 30.1 Å². The summed E-state index contributed by atoms with van der Waals surface area (Å²) >= 11 is 0. The third kappa shape index (κ3) is 17.1. The fourth-order valence-electron chi connectivity index (χ4n) is 0. The summed E-state index contributed by atoms with van der Waals surface area (Å²) in [5, 5.41) is 0. The van der Waals surface area contributed by atoms with E-state index in [0.717, 1.165) is 0 Å². The minimum atomic E-state index is 0. The van der Waals surface area contributed by atoms with E-state index in [1.54, 1.807) is 0 Å². The maximum atomic E-state index is 3.00. The van der Waals surface area contributed by atoms with Crippen molar-refractivity contribution in [3.05, 3.63) is 13.2 Å². The molecule has 0 aliphatic heterocycles. The highest BCUT2D eigenvalue weighted by Crippen LogP contribution is 0.863. The van der Waals surface area contributed by atoms with Crippen molar-refractivity contribution in [1.82, 2.24) is 0 Å². The van der Waals surface area contributed by atoms with Gasteiger partial charge in [-0.3, -0.25) is 0 Å². The monoisotopic (exact) mass is 142 g/mol. The Kier molecular flexibility index (Phi) is 345. The Bertz CT molecular complexity index is 6.00. The predicted molar refractivity (Wildman–Crippen MR) is 32.7 cm³/mol. The first-order valence-corrected chi connectivity index (χ1v) is 0.500. The van der Waals surface area contributed by atoms with Crippen molar-refractivity contribution >= 4 is 26.9 Å². The SMILES string of the molecule is Br.C=C.P. The van der Waals surface area contributed by atoms with E-state index in [1.165, 1.54) is 0 Å². The molecule has 0 nitrogen and oxygen atoms in total. The lowest BCUT2D eigenvalue weighted by molar-refractivity contribution is 2.81. The molecule has 0 spiro atoms. The van der Waals surface area contributed by atoms with Crippen LogP contribution in [0.5, 0.6) is 0 Å². The van der Waals surface area contributed by atoms with Crippen molar-refractivity contribution in [1.29, 1.82) is 0 Å². The fraction of sp³-hybridized carbons (Fsp3) is 0. The summed E-state index contributed by atoms with van der Waals surface area (Å²) in [6, 6.07) is 0. The van der Waals surface area contributed by atoms with Crippen LogP contribution in [-0.4, -0.2) is 0 Å². The van der Waals surface area contributed by atoms with Crippen LogP contribution in [-0.2, 0) is 0 Å². The molecule has 0 amide bonds. The van der Waals surface area contributed by atoms with Gasteiger partial charge in [-0.1, -0.05) is 0 Å². The van der Waals surface area contributed by atoms with Crippen LogP contribution in [0.4, 0.5) is 0 Å².